The summed E-state index contributed by atoms with van der Waals surface area (Å²) in [4.78, 5) is 24.6. The topological polar surface area (TPSA) is 79.5 Å². The average Bonchev–Trinajstić information content (AvgIpc) is 2.75. The lowest BCUT2D eigenvalue weighted by Gasteiger charge is -2.21. The molecular formula is C24H24BrN3O3S. The van der Waals surface area contributed by atoms with Crippen LogP contribution in [0, 0.1) is 0 Å². The van der Waals surface area contributed by atoms with E-state index in [0.717, 1.165) is 20.8 Å². The Balaban J connectivity index is 1.49. The lowest BCUT2D eigenvalue weighted by molar-refractivity contribution is -0.123. The summed E-state index contributed by atoms with van der Waals surface area (Å²) in [6.45, 7) is 6.08. The number of thiocarbonyl (C=S) groups is 1. The summed E-state index contributed by atoms with van der Waals surface area (Å²) in [5.74, 6) is -0.213. The van der Waals surface area contributed by atoms with E-state index in [1.54, 1.807) is 18.2 Å². The number of benzene rings is 3. The Morgan fingerprint density at radius 2 is 1.72 bits per heavy atom. The van der Waals surface area contributed by atoms with E-state index >= 15 is 0 Å². The predicted octanol–water partition coefficient (Wildman–Crippen LogP) is 4.61. The largest absolute Gasteiger partial charge is 0.483 e. The van der Waals surface area contributed by atoms with Crippen molar-refractivity contribution in [2.45, 2.75) is 26.2 Å². The van der Waals surface area contributed by atoms with Crippen LogP contribution in [-0.2, 0) is 10.2 Å². The molecule has 32 heavy (non-hydrogen) atoms. The number of nitrogens with one attached hydrogen (secondary N) is 3. The molecule has 0 spiro atoms. The van der Waals surface area contributed by atoms with E-state index in [2.05, 4.69) is 52.9 Å². The molecule has 0 atom stereocenters. The third-order valence-electron chi connectivity index (χ3n) is 4.69. The molecule has 0 aliphatic heterocycles. The first-order valence-electron chi connectivity index (χ1n) is 9.96. The number of hydrazine groups is 1. The van der Waals surface area contributed by atoms with Gasteiger partial charge >= 0.3 is 0 Å². The van der Waals surface area contributed by atoms with Gasteiger partial charge in [0.2, 0.25) is 0 Å². The summed E-state index contributed by atoms with van der Waals surface area (Å²) in [5.41, 5.74) is 6.42. The Morgan fingerprint density at radius 3 is 2.44 bits per heavy atom. The van der Waals surface area contributed by atoms with E-state index < -0.39 is 5.91 Å². The molecule has 3 aromatic carbocycles. The fraction of sp³-hybridized carbons (Fsp3) is 0.208. The monoisotopic (exact) mass is 513 g/mol. The Hall–Kier alpha value is -2.97. The molecule has 3 aromatic rings. The van der Waals surface area contributed by atoms with Gasteiger partial charge in [-0.25, -0.2) is 0 Å². The number of fused-ring (bicyclic) bond motifs is 1. The van der Waals surface area contributed by atoms with Crippen LogP contribution in [0.3, 0.4) is 0 Å². The molecule has 166 valence electrons. The first kappa shape index (κ1) is 23.7. The Kier molecular flexibility index (Phi) is 7.48. The molecular weight excluding hydrogens is 490 g/mol. The standard InChI is InChI=1S/C24H24BrN3O3S/c1-24(2,3)18-12-11-16(13-19(18)25)22(30)26-23(32)28-27-21(29)14-31-20-10-6-8-15-7-4-5-9-17(15)20/h4-13H,14H2,1-3H3,(H,27,29)(H2,26,28,30,32). The summed E-state index contributed by atoms with van der Waals surface area (Å²) >= 11 is 8.62. The van der Waals surface area contributed by atoms with Gasteiger partial charge in [0.15, 0.2) is 11.7 Å². The molecule has 0 unspecified atom stereocenters. The maximum Gasteiger partial charge on any atom is 0.276 e. The number of amides is 2. The van der Waals surface area contributed by atoms with Crippen molar-refractivity contribution in [3.63, 3.8) is 0 Å². The first-order chi connectivity index (χ1) is 15.1. The molecule has 0 saturated carbocycles. The van der Waals surface area contributed by atoms with Crippen LogP contribution >= 0.6 is 28.1 Å². The normalized spacial score (nSPS) is 11.0. The van der Waals surface area contributed by atoms with Crippen molar-refractivity contribution in [2.24, 2.45) is 0 Å². The van der Waals surface area contributed by atoms with Gasteiger partial charge in [-0.05, 0) is 46.8 Å². The Morgan fingerprint density at radius 1 is 1.00 bits per heavy atom. The minimum absolute atomic E-state index is 0.0236. The lowest BCUT2D eigenvalue weighted by atomic mass is 9.86. The molecule has 8 heteroatoms. The second-order valence-corrected chi connectivity index (χ2v) is 9.43. The Bertz CT molecular complexity index is 1170. The molecule has 0 saturated heterocycles. The van der Waals surface area contributed by atoms with Crippen LogP contribution in [0.4, 0.5) is 0 Å². The maximum atomic E-state index is 12.5. The molecule has 3 N–H and O–H groups in total. The van der Waals surface area contributed by atoms with E-state index in [1.165, 1.54) is 0 Å². The van der Waals surface area contributed by atoms with Crippen LogP contribution in [0.2, 0.25) is 0 Å². The quantitative estimate of drug-likeness (QED) is 0.350. The molecule has 0 heterocycles. The third-order valence-corrected chi connectivity index (χ3v) is 5.55. The Labute approximate surface area is 200 Å². The second kappa shape index (κ2) is 10.1. The van der Waals surface area contributed by atoms with Gasteiger partial charge in [0.25, 0.3) is 11.8 Å². The summed E-state index contributed by atoms with van der Waals surface area (Å²) in [7, 11) is 0. The van der Waals surface area contributed by atoms with Crippen LogP contribution in [0.25, 0.3) is 10.8 Å². The smallest absolute Gasteiger partial charge is 0.276 e. The van der Waals surface area contributed by atoms with Crippen LogP contribution in [-0.4, -0.2) is 23.5 Å². The van der Waals surface area contributed by atoms with Gasteiger partial charge in [0, 0.05) is 15.4 Å². The summed E-state index contributed by atoms with van der Waals surface area (Å²) in [6, 6.07) is 18.8. The minimum Gasteiger partial charge on any atom is -0.483 e. The minimum atomic E-state index is -0.438. The third kappa shape index (κ3) is 6.05. The van der Waals surface area contributed by atoms with E-state index in [-0.39, 0.29) is 23.0 Å². The average molecular weight is 514 g/mol. The van der Waals surface area contributed by atoms with Crippen molar-refractivity contribution in [3.8, 4) is 5.75 Å². The first-order valence-corrected chi connectivity index (χ1v) is 11.2. The number of ether oxygens (including phenoxy) is 1. The predicted molar refractivity (Wildman–Crippen MR) is 134 cm³/mol. The van der Waals surface area contributed by atoms with E-state index in [1.807, 2.05) is 42.5 Å². The molecule has 3 rings (SSSR count). The maximum absolute atomic E-state index is 12.5. The van der Waals surface area contributed by atoms with Gasteiger partial charge in [-0.15, -0.1) is 0 Å². The van der Waals surface area contributed by atoms with Crippen molar-refractivity contribution in [3.05, 3.63) is 76.3 Å². The fourth-order valence-electron chi connectivity index (χ4n) is 3.10. The van der Waals surface area contributed by atoms with Crippen LogP contribution < -0.4 is 20.9 Å². The summed E-state index contributed by atoms with van der Waals surface area (Å²) in [5, 5.41) is 4.46. The molecule has 0 bridgehead atoms. The highest BCUT2D eigenvalue weighted by Crippen LogP contribution is 2.30. The van der Waals surface area contributed by atoms with Crippen molar-refractivity contribution in [2.75, 3.05) is 6.61 Å². The molecule has 0 aromatic heterocycles. The van der Waals surface area contributed by atoms with Gasteiger partial charge in [0.1, 0.15) is 5.75 Å². The van der Waals surface area contributed by atoms with Crippen molar-refractivity contribution >= 4 is 55.8 Å². The SMILES string of the molecule is CC(C)(C)c1ccc(C(=O)NC(=S)NNC(=O)COc2cccc3ccccc23)cc1Br. The lowest BCUT2D eigenvalue weighted by Crippen LogP contribution is -2.49. The van der Waals surface area contributed by atoms with Crippen molar-refractivity contribution in [1.29, 1.82) is 0 Å². The zero-order valence-electron chi connectivity index (χ0n) is 18.0. The molecule has 0 aliphatic rings. The number of hydrogen-bond donors (Lipinski definition) is 3. The van der Waals surface area contributed by atoms with Crippen molar-refractivity contribution < 1.29 is 14.3 Å². The van der Waals surface area contributed by atoms with Crippen LogP contribution in [0.1, 0.15) is 36.7 Å². The van der Waals surface area contributed by atoms with E-state index in [0.29, 0.717) is 11.3 Å². The number of hydrogen-bond acceptors (Lipinski definition) is 4. The van der Waals surface area contributed by atoms with E-state index in [9.17, 15) is 9.59 Å². The summed E-state index contributed by atoms with van der Waals surface area (Å²) < 4.78 is 6.47. The molecule has 0 fully saturated rings. The molecule has 0 aliphatic carbocycles. The van der Waals surface area contributed by atoms with Gasteiger partial charge in [0.05, 0.1) is 0 Å². The molecule has 0 radical (unpaired) electrons. The van der Waals surface area contributed by atoms with Gasteiger partial charge < -0.3 is 4.74 Å². The fourth-order valence-corrected chi connectivity index (χ4v) is 4.22. The highest BCUT2D eigenvalue weighted by atomic mass is 79.9. The van der Waals surface area contributed by atoms with Gasteiger partial charge in [-0.1, -0.05) is 79.2 Å². The molecule has 2 amide bonds. The zero-order chi connectivity index (χ0) is 23.3. The zero-order valence-corrected chi connectivity index (χ0v) is 20.4. The second-order valence-electron chi connectivity index (χ2n) is 8.17. The number of rotatable bonds is 4. The summed E-state index contributed by atoms with van der Waals surface area (Å²) in [6.07, 6.45) is 0. The van der Waals surface area contributed by atoms with Crippen LogP contribution in [0.15, 0.2) is 65.1 Å². The number of carbonyl (C=O) groups excluding carboxylic acids is 2. The van der Waals surface area contributed by atoms with Crippen molar-refractivity contribution in [1.82, 2.24) is 16.2 Å². The van der Waals surface area contributed by atoms with E-state index in [4.69, 9.17) is 17.0 Å². The highest BCUT2D eigenvalue weighted by Gasteiger charge is 2.18. The molecule has 6 nitrogen and oxygen atoms in total. The number of carbonyl (C=O) groups is 2. The van der Waals surface area contributed by atoms with Crippen LogP contribution in [0.5, 0.6) is 5.75 Å². The van der Waals surface area contributed by atoms with Gasteiger partial charge in [-0.2, -0.15) is 0 Å². The number of halogens is 1. The highest BCUT2D eigenvalue weighted by molar-refractivity contribution is 9.10. The van der Waals surface area contributed by atoms with Gasteiger partial charge in [-0.3, -0.25) is 25.8 Å².